The number of carbonyl (C=O) groups excluding carboxylic acids is 1. The van der Waals surface area contributed by atoms with Gasteiger partial charge in [0.15, 0.2) is 0 Å². The molecule has 1 saturated heterocycles. The number of nitrogens with one attached hydrogen (secondary N) is 1. The number of hydrogen-bond acceptors (Lipinski definition) is 4. The Morgan fingerprint density at radius 1 is 1.24 bits per heavy atom. The van der Waals surface area contributed by atoms with Crippen LogP contribution in [-0.2, 0) is 10.3 Å². The van der Waals surface area contributed by atoms with Crippen molar-refractivity contribution in [2.45, 2.75) is 38.6 Å². The minimum Gasteiger partial charge on any atom is -0.371 e. The number of nitrogens with zero attached hydrogens (tertiary/aromatic N) is 4. The summed E-state index contributed by atoms with van der Waals surface area (Å²) in [5.74, 6) is 0.691. The lowest BCUT2D eigenvalue weighted by atomic mass is 9.93. The summed E-state index contributed by atoms with van der Waals surface area (Å²) in [7, 11) is 0. The van der Waals surface area contributed by atoms with E-state index in [1.165, 1.54) is 18.5 Å². The summed E-state index contributed by atoms with van der Waals surface area (Å²) in [4.78, 5) is 18.9. The van der Waals surface area contributed by atoms with E-state index in [1.54, 1.807) is 10.9 Å². The van der Waals surface area contributed by atoms with Gasteiger partial charge in [-0.1, -0.05) is 0 Å². The molecule has 0 spiro atoms. The number of piperidine rings is 1. The molecule has 0 atom stereocenters. The molecule has 0 bridgehead atoms. The first-order valence-corrected chi connectivity index (χ1v) is 9.01. The molecule has 0 aromatic carbocycles. The summed E-state index contributed by atoms with van der Waals surface area (Å²) in [5.41, 5.74) is 0.594. The van der Waals surface area contributed by atoms with E-state index >= 15 is 0 Å². The van der Waals surface area contributed by atoms with Gasteiger partial charge in [0.05, 0.1) is 0 Å². The molecule has 25 heavy (non-hydrogen) atoms. The van der Waals surface area contributed by atoms with Crippen LogP contribution in [0.2, 0.25) is 0 Å². The molecule has 1 amide bonds. The molecule has 0 radical (unpaired) electrons. The Balaban J connectivity index is 1.41. The van der Waals surface area contributed by atoms with Gasteiger partial charge < -0.3 is 10.2 Å². The second-order valence-corrected chi connectivity index (χ2v) is 7.19. The van der Waals surface area contributed by atoms with E-state index < -0.39 is 5.54 Å². The number of amides is 1. The summed E-state index contributed by atoms with van der Waals surface area (Å²) in [6.07, 6.45) is 10.6. The molecule has 1 N–H and O–H groups in total. The minimum absolute atomic E-state index is 0.0189. The third kappa shape index (κ3) is 4.18. The smallest absolute Gasteiger partial charge is 0.247 e. The zero-order chi connectivity index (χ0) is 17.7. The number of hydrogen-bond donors (Lipinski definition) is 1. The molecular weight excluding hydrogens is 314 g/mol. The van der Waals surface area contributed by atoms with Crippen LogP contribution in [0.5, 0.6) is 0 Å². The van der Waals surface area contributed by atoms with E-state index in [4.69, 9.17) is 0 Å². The number of pyridine rings is 1. The largest absolute Gasteiger partial charge is 0.371 e. The van der Waals surface area contributed by atoms with Crippen molar-refractivity contribution in [3.05, 3.63) is 43.0 Å². The highest BCUT2D eigenvalue weighted by atomic mass is 16.2. The fraction of sp³-hybridized carbons (Fsp3) is 0.526. The van der Waals surface area contributed by atoms with Crippen molar-refractivity contribution in [3.8, 4) is 0 Å². The van der Waals surface area contributed by atoms with E-state index in [0.29, 0.717) is 5.92 Å². The van der Waals surface area contributed by atoms with Crippen molar-refractivity contribution in [1.82, 2.24) is 20.1 Å². The van der Waals surface area contributed by atoms with Crippen molar-refractivity contribution in [3.63, 3.8) is 0 Å². The Morgan fingerprint density at radius 2 is 1.96 bits per heavy atom. The van der Waals surface area contributed by atoms with Crippen molar-refractivity contribution < 1.29 is 4.79 Å². The summed E-state index contributed by atoms with van der Waals surface area (Å²) in [6.45, 7) is 6.65. The van der Waals surface area contributed by atoms with Crippen LogP contribution in [0.1, 0.15) is 33.1 Å². The first kappa shape index (κ1) is 17.5. The van der Waals surface area contributed by atoms with E-state index in [1.807, 2.05) is 38.5 Å². The fourth-order valence-electron chi connectivity index (χ4n) is 3.34. The quantitative estimate of drug-likeness (QED) is 0.876. The Morgan fingerprint density at radius 3 is 2.60 bits per heavy atom. The Hall–Kier alpha value is -2.37. The zero-order valence-electron chi connectivity index (χ0n) is 15.1. The van der Waals surface area contributed by atoms with E-state index in [0.717, 1.165) is 26.1 Å². The molecule has 0 aliphatic carbocycles. The van der Waals surface area contributed by atoms with E-state index in [2.05, 4.69) is 32.4 Å². The maximum absolute atomic E-state index is 12.5. The van der Waals surface area contributed by atoms with Gasteiger partial charge in [-0.05, 0) is 57.2 Å². The van der Waals surface area contributed by atoms with Gasteiger partial charge in [-0.2, -0.15) is 5.10 Å². The molecular formula is C19H27N5O. The predicted octanol–water partition coefficient (Wildman–Crippen LogP) is 2.44. The molecule has 3 heterocycles. The molecule has 6 heteroatoms. The summed E-state index contributed by atoms with van der Waals surface area (Å²) in [6, 6.07) is 5.97. The Labute approximate surface area is 149 Å². The lowest BCUT2D eigenvalue weighted by molar-refractivity contribution is -0.128. The molecule has 3 rings (SSSR count). The van der Waals surface area contributed by atoms with Crippen molar-refractivity contribution in [1.29, 1.82) is 0 Å². The van der Waals surface area contributed by atoms with Crippen molar-refractivity contribution in [2.75, 3.05) is 24.5 Å². The molecule has 0 saturated carbocycles. The molecule has 6 nitrogen and oxygen atoms in total. The number of carbonyl (C=O) groups is 1. The standard InChI is InChI=1S/C19H27N5O/c1-19(2,24-13-3-9-22-24)18(25)21-12-4-16-7-14-23(15-8-16)17-5-10-20-11-6-17/h3,5-6,9-11,13,16H,4,7-8,12,14-15H2,1-2H3,(H,21,25). The number of aromatic nitrogens is 3. The predicted molar refractivity (Wildman–Crippen MR) is 98.3 cm³/mol. The molecule has 1 aliphatic rings. The van der Waals surface area contributed by atoms with Gasteiger partial charge in [0.2, 0.25) is 5.91 Å². The van der Waals surface area contributed by atoms with E-state index in [9.17, 15) is 4.79 Å². The third-order valence-corrected chi connectivity index (χ3v) is 5.11. The SMILES string of the molecule is CC(C)(C(=O)NCCC1CCN(c2ccncc2)CC1)n1cccn1. The molecule has 1 aliphatic heterocycles. The van der Waals surface area contributed by atoms with Gasteiger partial charge in [0.25, 0.3) is 0 Å². The lowest BCUT2D eigenvalue weighted by Gasteiger charge is -2.33. The van der Waals surface area contributed by atoms with Crippen LogP contribution in [0.15, 0.2) is 43.0 Å². The Kier molecular flexibility index (Phi) is 5.36. The maximum atomic E-state index is 12.5. The molecule has 134 valence electrons. The van der Waals surface area contributed by atoms with Gasteiger partial charge in [0.1, 0.15) is 5.54 Å². The van der Waals surface area contributed by atoms with Crippen molar-refractivity contribution >= 4 is 11.6 Å². The topological polar surface area (TPSA) is 63.1 Å². The summed E-state index contributed by atoms with van der Waals surface area (Å²) < 4.78 is 1.70. The van der Waals surface area contributed by atoms with Gasteiger partial charge in [0, 0.05) is 50.1 Å². The maximum Gasteiger partial charge on any atom is 0.247 e. The van der Waals surface area contributed by atoms with Gasteiger partial charge >= 0.3 is 0 Å². The highest BCUT2D eigenvalue weighted by Crippen LogP contribution is 2.24. The molecule has 1 fully saturated rings. The van der Waals surface area contributed by atoms with Crippen LogP contribution in [0.3, 0.4) is 0 Å². The Bertz CT molecular complexity index is 660. The summed E-state index contributed by atoms with van der Waals surface area (Å²) in [5, 5.41) is 7.27. The first-order chi connectivity index (χ1) is 12.1. The minimum atomic E-state index is -0.659. The van der Waals surface area contributed by atoms with Crippen LogP contribution in [0, 0.1) is 5.92 Å². The van der Waals surface area contributed by atoms with Crippen molar-refractivity contribution in [2.24, 2.45) is 5.92 Å². The normalized spacial score (nSPS) is 16.0. The zero-order valence-corrected chi connectivity index (χ0v) is 15.1. The summed E-state index contributed by atoms with van der Waals surface area (Å²) >= 11 is 0. The number of rotatable bonds is 6. The highest BCUT2D eigenvalue weighted by Gasteiger charge is 2.30. The number of anilines is 1. The van der Waals surface area contributed by atoms with Crippen LogP contribution >= 0.6 is 0 Å². The first-order valence-electron chi connectivity index (χ1n) is 9.01. The van der Waals surface area contributed by atoms with Crippen LogP contribution in [0.25, 0.3) is 0 Å². The van der Waals surface area contributed by atoms with Gasteiger partial charge in [-0.15, -0.1) is 0 Å². The fourth-order valence-corrected chi connectivity index (χ4v) is 3.34. The van der Waals surface area contributed by atoms with Crippen LogP contribution in [0.4, 0.5) is 5.69 Å². The van der Waals surface area contributed by atoms with E-state index in [-0.39, 0.29) is 5.91 Å². The second kappa shape index (κ2) is 7.68. The van der Waals surface area contributed by atoms with Crippen LogP contribution in [-0.4, -0.2) is 40.3 Å². The molecule has 2 aromatic rings. The molecule has 2 aromatic heterocycles. The van der Waals surface area contributed by atoms with Crippen LogP contribution < -0.4 is 10.2 Å². The molecule has 0 unspecified atom stereocenters. The lowest BCUT2D eigenvalue weighted by Crippen LogP contribution is -2.45. The van der Waals surface area contributed by atoms with Gasteiger partial charge in [-0.3, -0.25) is 14.5 Å². The van der Waals surface area contributed by atoms with Gasteiger partial charge in [-0.25, -0.2) is 0 Å². The third-order valence-electron chi connectivity index (χ3n) is 5.11. The highest BCUT2D eigenvalue weighted by molar-refractivity contribution is 5.83. The monoisotopic (exact) mass is 341 g/mol. The second-order valence-electron chi connectivity index (χ2n) is 7.19. The average molecular weight is 341 g/mol. The average Bonchev–Trinajstić information content (AvgIpc) is 3.18.